The van der Waals surface area contributed by atoms with Gasteiger partial charge in [-0.15, -0.1) is 0 Å². The maximum Gasteiger partial charge on any atom is 0.217 e. The first-order valence-corrected chi connectivity index (χ1v) is 4.36. The van der Waals surface area contributed by atoms with E-state index >= 15 is 0 Å². The first kappa shape index (κ1) is 9.99. The van der Waals surface area contributed by atoms with Crippen LogP contribution >= 0.6 is 11.6 Å². The smallest absolute Gasteiger partial charge is 0.217 e. The topological polar surface area (TPSA) is 42.0 Å². The fraction of sp³-hybridized carbons (Fsp3) is 0.333. The standard InChI is InChI=1S/C9H11ClN2O/c1-6(12-7(2)13)9-8(10)4-3-5-11-9/h3-6H,1-2H3,(H,12,13). The molecule has 1 heterocycles. The number of hydrogen-bond donors (Lipinski definition) is 1. The zero-order valence-corrected chi connectivity index (χ0v) is 8.30. The summed E-state index contributed by atoms with van der Waals surface area (Å²) in [5, 5.41) is 3.29. The van der Waals surface area contributed by atoms with Crippen LogP contribution in [0.1, 0.15) is 25.6 Å². The summed E-state index contributed by atoms with van der Waals surface area (Å²) >= 11 is 5.89. The molecule has 3 nitrogen and oxygen atoms in total. The number of pyridine rings is 1. The zero-order chi connectivity index (χ0) is 9.84. The molecule has 0 radical (unpaired) electrons. The van der Waals surface area contributed by atoms with E-state index in [1.807, 2.05) is 6.92 Å². The van der Waals surface area contributed by atoms with E-state index in [0.717, 1.165) is 0 Å². The third kappa shape index (κ3) is 2.70. The van der Waals surface area contributed by atoms with Gasteiger partial charge in [-0.2, -0.15) is 0 Å². The molecule has 0 saturated carbocycles. The van der Waals surface area contributed by atoms with Crippen LogP contribution in [0.5, 0.6) is 0 Å². The molecule has 1 unspecified atom stereocenters. The van der Waals surface area contributed by atoms with Gasteiger partial charge in [-0.3, -0.25) is 9.78 Å². The Kier molecular flexibility index (Phi) is 3.25. The summed E-state index contributed by atoms with van der Waals surface area (Å²) in [6, 6.07) is 3.36. The van der Waals surface area contributed by atoms with Crippen LogP contribution in [0.25, 0.3) is 0 Å². The molecule has 0 fully saturated rings. The second kappa shape index (κ2) is 4.23. The van der Waals surface area contributed by atoms with Crippen molar-refractivity contribution in [1.82, 2.24) is 10.3 Å². The van der Waals surface area contributed by atoms with Gasteiger partial charge in [0.05, 0.1) is 16.8 Å². The molecule has 0 bridgehead atoms. The zero-order valence-electron chi connectivity index (χ0n) is 7.54. The van der Waals surface area contributed by atoms with Crippen molar-refractivity contribution in [3.8, 4) is 0 Å². The molecule has 70 valence electrons. The summed E-state index contributed by atoms with van der Waals surface area (Å²) in [6.07, 6.45) is 1.65. The van der Waals surface area contributed by atoms with Crippen molar-refractivity contribution >= 4 is 17.5 Å². The Hall–Kier alpha value is -1.09. The third-order valence-corrected chi connectivity index (χ3v) is 1.94. The largest absolute Gasteiger partial charge is 0.348 e. The van der Waals surface area contributed by atoms with Crippen molar-refractivity contribution < 1.29 is 4.79 Å². The fourth-order valence-corrected chi connectivity index (χ4v) is 1.37. The van der Waals surface area contributed by atoms with E-state index in [2.05, 4.69) is 10.3 Å². The Labute approximate surface area is 82.1 Å². The quantitative estimate of drug-likeness (QED) is 0.789. The monoisotopic (exact) mass is 198 g/mol. The van der Waals surface area contributed by atoms with Gasteiger partial charge in [-0.1, -0.05) is 11.6 Å². The molecule has 1 rings (SSSR count). The predicted molar refractivity (Wildman–Crippen MR) is 51.5 cm³/mol. The summed E-state index contributed by atoms with van der Waals surface area (Å²) in [6.45, 7) is 3.31. The van der Waals surface area contributed by atoms with Crippen LogP contribution in [0.15, 0.2) is 18.3 Å². The van der Waals surface area contributed by atoms with Gasteiger partial charge in [-0.25, -0.2) is 0 Å². The second-order valence-corrected chi connectivity index (χ2v) is 3.20. The van der Waals surface area contributed by atoms with Gasteiger partial charge in [0.2, 0.25) is 5.91 Å². The van der Waals surface area contributed by atoms with Crippen molar-refractivity contribution in [3.05, 3.63) is 29.0 Å². The minimum Gasteiger partial charge on any atom is -0.348 e. The molecule has 0 spiro atoms. The van der Waals surface area contributed by atoms with E-state index in [0.29, 0.717) is 10.7 Å². The van der Waals surface area contributed by atoms with Gasteiger partial charge >= 0.3 is 0 Å². The van der Waals surface area contributed by atoms with Crippen LogP contribution < -0.4 is 5.32 Å². The minimum atomic E-state index is -0.147. The van der Waals surface area contributed by atoms with Gasteiger partial charge in [0.25, 0.3) is 0 Å². The molecule has 0 aromatic carbocycles. The van der Waals surface area contributed by atoms with Crippen LogP contribution in [-0.4, -0.2) is 10.9 Å². The van der Waals surface area contributed by atoms with Gasteiger partial charge in [0.15, 0.2) is 0 Å². The molecule has 1 aromatic heterocycles. The van der Waals surface area contributed by atoms with Crippen LogP contribution in [0.4, 0.5) is 0 Å². The lowest BCUT2D eigenvalue weighted by Crippen LogP contribution is -2.24. The molecule has 1 aromatic rings. The molecule has 4 heteroatoms. The Morgan fingerprint density at radius 2 is 2.38 bits per heavy atom. The number of carbonyl (C=O) groups excluding carboxylic acids is 1. The van der Waals surface area contributed by atoms with E-state index < -0.39 is 0 Å². The average Bonchev–Trinajstić information content (AvgIpc) is 2.03. The van der Waals surface area contributed by atoms with E-state index in [1.165, 1.54) is 6.92 Å². The highest BCUT2D eigenvalue weighted by Crippen LogP contribution is 2.19. The molecule has 0 aliphatic heterocycles. The lowest BCUT2D eigenvalue weighted by molar-refractivity contribution is -0.119. The van der Waals surface area contributed by atoms with E-state index in [9.17, 15) is 4.79 Å². The Morgan fingerprint density at radius 1 is 1.69 bits per heavy atom. The maximum atomic E-state index is 10.8. The number of aromatic nitrogens is 1. The summed E-state index contributed by atoms with van der Waals surface area (Å²) in [7, 11) is 0. The number of rotatable bonds is 2. The van der Waals surface area contributed by atoms with Gasteiger partial charge < -0.3 is 5.32 Å². The van der Waals surface area contributed by atoms with Crippen molar-refractivity contribution in [3.63, 3.8) is 0 Å². The molecule has 1 atom stereocenters. The van der Waals surface area contributed by atoms with Gasteiger partial charge in [0.1, 0.15) is 0 Å². The van der Waals surface area contributed by atoms with E-state index in [4.69, 9.17) is 11.6 Å². The summed E-state index contributed by atoms with van der Waals surface area (Å²) in [4.78, 5) is 14.8. The second-order valence-electron chi connectivity index (χ2n) is 2.79. The Bertz CT molecular complexity index is 314. The van der Waals surface area contributed by atoms with Crippen LogP contribution in [0, 0.1) is 0 Å². The molecular formula is C9H11ClN2O. The van der Waals surface area contributed by atoms with E-state index in [-0.39, 0.29) is 11.9 Å². The van der Waals surface area contributed by atoms with Gasteiger partial charge in [0, 0.05) is 13.1 Å². The Balaban J connectivity index is 2.82. The van der Waals surface area contributed by atoms with Crippen LogP contribution in [0.2, 0.25) is 5.02 Å². The van der Waals surface area contributed by atoms with Gasteiger partial charge in [-0.05, 0) is 19.1 Å². The molecule has 1 amide bonds. The van der Waals surface area contributed by atoms with Crippen molar-refractivity contribution in [2.45, 2.75) is 19.9 Å². The molecule has 0 aliphatic carbocycles. The predicted octanol–water partition coefficient (Wildman–Crippen LogP) is 1.93. The first-order valence-electron chi connectivity index (χ1n) is 3.98. The molecule has 0 saturated heterocycles. The molecule has 0 aliphatic rings. The molecular weight excluding hydrogens is 188 g/mol. The number of nitrogens with one attached hydrogen (secondary N) is 1. The normalized spacial score (nSPS) is 12.2. The average molecular weight is 199 g/mol. The van der Waals surface area contributed by atoms with Crippen LogP contribution in [-0.2, 0) is 4.79 Å². The molecule has 1 N–H and O–H groups in total. The highest BCUT2D eigenvalue weighted by molar-refractivity contribution is 6.31. The number of halogens is 1. The van der Waals surface area contributed by atoms with Crippen molar-refractivity contribution in [2.24, 2.45) is 0 Å². The number of amides is 1. The summed E-state index contributed by atoms with van der Waals surface area (Å²) in [5.74, 6) is -0.0887. The number of hydrogen-bond acceptors (Lipinski definition) is 2. The number of carbonyl (C=O) groups is 1. The lowest BCUT2D eigenvalue weighted by atomic mass is 10.2. The maximum absolute atomic E-state index is 10.8. The van der Waals surface area contributed by atoms with E-state index in [1.54, 1.807) is 18.3 Å². The number of nitrogens with zero attached hydrogens (tertiary/aromatic N) is 1. The van der Waals surface area contributed by atoms with Crippen molar-refractivity contribution in [1.29, 1.82) is 0 Å². The first-order chi connectivity index (χ1) is 6.11. The molecule has 13 heavy (non-hydrogen) atoms. The SMILES string of the molecule is CC(=O)NC(C)c1ncccc1Cl. The summed E-state index contributed by atoms with van der Waals surface area (Å²) in [5.41, 5.74) is 0.694. The highest BCUT2D eigenvalue weighted by Gasteiger charge is 2.10. The van der Waals surface area contributed by atoms with Crippen molar-refractivity contribution in [2.75, 3.05) is 0 Å². The summed E-state index contributed by atoms with van der Waals surface area (Å²) < 4.78 is 0. The minimum absolute atomic E-state index is 0.0887. The fourth-order valence-electron chi connectivity index (χ4n) is 1.09. The Morgan fingerprint density at radius 3 is 2.92 bits per heavy atom. The van der Waals surface area contributed by atoms with Crippen LogP contribution in [0.3, 0.4) is 0 Å². The lowest BCUT2D eigenvalue weighted by Gasteiger charge is -2.12. The highest BCUT2D eigenvalue weighted by atomic mass is 35.5. The third-order valence-electron chi connectivity index (χ3n) is 1.62.